The molecule has 1 N–H and O–H groups in total. The van der Waals surface area contributed by atoms with Crippen molar-refractivity contribution in [1.29, 1.82) is 0 Å². The number of aromatic nitrogens is 1. The van der Waals surface area contributed by atoms with Gasteiger partial charge in [0.25, 0.3) is 5.69 Å². The summed E-state index contributed by atoms with van der Waals surface area (Å²) in [5.74, 6) is -1.20. The number of pyridine rings is 1. The number of nitrogens with zero attached hydrogens (tertiary/aromatic N) is 3. The Bertz CT molecular complexity index is 628. The zero-order chi connectivity index (χ0) is 17.9. The van der Waals surface area contributed by atoms with Crippen molar-refractivity contribution in [1.82, 2.24) is 9.88 Å². The lowest BCUT2D eigenvalue weighted by molar-refractivity contribution is -0.385. The number of carbonyl (C=O) groups is 1. The highest BCUT2D eigenvalue weighted by molar-refractivity contribution is 5.81. The molecule has 1 fully saturated rings. The molecule has 1 aromatic rings. The first-order valence-electron chi connectivity index (χ1n) is 7.39. The number of hydrogen-bond acceptors (Lipinski definition) is 5. The van der Waals surface area contributed by atoms with E-state index < -0.39 is 17.0 Å². The van der Waals surface area contributed by atoms with E-state index in [1.807, 2.05) is 0 Å². The van der Waals surface area contributed by atoms with Crippen molar-refractivity contribution in [3.8, 4) is 0 Å². The molecule has 0 saturated carbocycles. The molecular weight excluding hydrogens is 329 g/mol. The van der Waals surface area contributed by atoms with E-state index in [0.717, 1.165) is 4.90 Å². The largest absolute Gasteiger partial charge is 0.471 e. The van der Waals surface area contributed by atoms with Crippen molar-refractivity contribution in [2.24, 2.45) is 5.92 Å². The maximum absolute atomic E-state index is 12.4. The third kappa shape index (κ3) is 4.33. The fraction of sp³-hybridized carbons (Fsp3) is 0.571. The summed E-state index contributed by atoms with van der Waals surface area (Å²) in [7, 11) is 0. The van der Waals surface area contributed by atoms with Crippen LogP contribution in [0.5, 0.6) is 0 Å². The second-order valence-electron chi connectivity index (χ2n) is 5.73. The molecule has 1 aromatic heterocycles. The second kappa shape index (κ2) is 7.02. The van der Waals surface area contributed by atoms with Gasteiger partial charge in [0.05, 0.1) is 4.92 Å². The van der Waals surface area contributed by atoms with Crippen LogP contribution in [0.3, 0.4) is 0 Å². The normalized spacial score (nSPS) is 16.1. The van der Waals surface area contributed by atoms with Gasteiger partial charge in [-0.1, -0.05) is 0 Å². The third-order valence-electron chi connectivity index (χ3n) is 4.00. The fourth-order valence-corrected chi connectivity index (χ4v) is 2.60. The Balaban J connectivity index is 1.84. The molecule has 1 aliphatic heterocycles. The predicted molar refractivity (Wildman–Crippen MR) is 79.5 cm³/mol. The summed E-state index contributed by atoms with van der Waals surface area (Å²) in [6.45, 7) is 2.22. The Hall–Kier alpha value is -2.39. The van der Waals surface area contributed by atoms with Gasteiger partial charge in [-0.15, -0.1) is 0 Å². The van der Waals surface area contributed by atoms with E-state index in [-0.39, 0.29) is 24.7 Å². The van der Waals surface area contributed by atoms with Crippen LogP contribution in [0.1, 0.15) is 18.4 Å². The van der Waals surface area contributed by atoms with Gasteiger partial charge in [0.15, 0.2) is 0 Å². The molecule has 2 rings (SSSR count). The number of nitro groups is 1. The van der Waals surface area contributed by atoms with Crippen LogP contribution in [0.4, 0.5) is 24.7 Å². The van der Waals surface area contributed by atoms with Crippen molar-refractivity contribution < 1.29 is 22.9 Å². The lowest BCUT2D eigenvalue weighted by Crippen LogP contribution is -2.46. The third-order valence-corrected chi connectivity index (χ3v) is 4.00. The number of rotatable bonds is 4. The molecule has 2 heterocycles. The van der Waals surface area contributed by atoms with Crippen LogP contribution in [-0.4, -0.2) is 46.5 Å². The summed E-state index contributed by atoms with van der Waals surface area (Å²) in [5, 5.41) is 13.8. The van der Waals surface area contributed by atoms with Crippen LogP contribution in [0, 0.1) is 23.0 Å². The molecule has 0 aliphatic carbocycles. The molecule has 0 unspecified atom stereocenters. The maximum Gasteiger partial charge on any atom is 0.471 e. The number of piperidine rings is 1. The molecule has 1 amide bonds. The van der Waals surface area contributed by atoms with E-state index in [0.29, 0.717) is 30.8 Å². The number of nitrogens with one attached hydrogen (secondary N) is 1. The molecule has 0 spiro atoms. The van der Waals surface area contributed by atoms with Gasteiger partial charge in [-0.2, -0.15) is 13.2 Å². The summed E-state index contributed by atoms with van der Waals surface area (Å²) >= 11 is 0. The minimum atomic E-state index is -4.83. The molecule has 10 heteroatoms. The molecule has 0 atom stereocenters. The lowest BCUT2D eigenvalue weighted by atomic mass is 9.96. The van der Waals surface area contributed by atoms with Gasteiger partial charge < -0.3 is 10.2 Å². The van der Waals surface area contributed by atoms with Crippen LogP contribution >= 0.6 is 0 Å². The molecule has 1 saturated heterocycles. The smallest absolute Gasteiger partial charge is 0.370 e. The molecule has 1 aliphatic rings. The molecule has 132 valence electrons. The van der Waals surface area contributed by atoms with Gasteiger partial charge in [-0.3, -0.25) is 14.9 Å². The minimum absolute atomic E-state index is 0.0669. The van der Waals surface area contributed by atoms with Crippen molar-refractivity contribution in [2.75, 3.05) is 25.0 Å². The summed E-state index contributed by atoms with van der Waals surface area (Å²) in [6.07, 6.45) is -2.74. The molecule has 0 bridgehead atoms. The fourth-order valence-electron chi connectivity index (χ4n) is 2.60. The Morgan fingerprint density at radius 2 is 2.08 bits per heavy atom. The van der Waals surface area contributed by atoms with Gasteiger partial charge in [-0.25, -0.2) is 4.98 Å². The quantitative estimate of drug-likeness (QED) is 0.668. The van der Waals surface area contributed by atoms with Crippen molar-refractivity contribution in [2.45, 2.75) is 25.9 Å². The first-order valence-corrected chi connectivity index (χ1v) is 7.39. The zero-order valence-electron chi connectivity index (χ0n) is 13.0. The highest BCUT2D eigenvalue weighted by Crippen LogP contribution is 2.24. The number of hydrogen-bond donors (Lipinski definition) is 1. The Labute approximate surface area is 136 Å². The standard InChI is InChI=1S/C14H17F3N4O3/c1-9-6-12(19-8-11(9)21(23)24)18-7-10-2-4-20(5-3-10)13(22)14(15,16)17/h6,8,10H,2-5,7H2,1H3,(H,18,19). The highest BCUT2D eigenvalue weighted by Gasteiger charge is 2.43. The number of carbonyl (C=O) groups excluding carboxylic acids is 1. The molecule has 24 heavy (non-hydrogen) atoms. The van der Waals surface area contributed by atoms with E-state index >= 15 is 0 Å². The van der Waals surface area contributed by atoms with Crippen molar-refractivity contribution in [3.63, 3.8) is 0 Å². The van der Waals surface area contributed by atoms with Gasteiger partial charge >= 0.3 is 12.1 Å². The Morgan fingerprint density at radius 1 is 1.46 bits per heavy atom. The molecular formula is C14H17F3N4O3. The summed E-state index contributed by atoms with van der Waals surface area (Å²) in [4.78, 5) is 26.1. The number of amides is 1. The monoisotopic (exact) mass is 346 g/mol. The summed E-state index contributed by atoms with van der Waals surface area (Å²) in [6, 6.07) is 1.56. The number of anilines is 1. The van der Waals surface area contributed by atoms with Gasteiger partial charge in [0.1, 0.15) is 12.0 Å². The molecule has 0 radical (unpaired) electrons. The van der Waals surface area contributed by atoms with E-state index in [1.165, 1.54) is 6.20 Å². The maximum atomic E-state index is 12.4. The Kier molecular flexibility index (Phi) is 5.25. The molecule has 0 aromatic carbocycles. The van der Waals surface area contributed by atoms with E-state index in [1.54, 1.807) is 13.0 Å². The first kappa shape index (κ1) is 18.0. The van der Waals surface area contributed by atoms with E-state index in [9.17, 15) is 28.1 Å². The molecule has 7 nitrogen and oxygen atoms in total. The summed E-state index contributed by atoms with van der Waals surface area (Å²) in [5.41, 5.74) is 0.405. The number of aryl methyl sites for hydroxylation is 1. The van der Waals surface area contributed by atoms with Gasteiger partial charge in [0, 0.05) is 25.2 Å². The number of halogens is 3. The Morgan fingerprint density at radius 3 is 2.58 bits per heavy atom. The van der Waals surface area contributed by atoms with Crippen LogP contribution in [-0.2, 0) is 4.79 Å². The lowest BCUT2D eigenvalue weighted by Gasteiger charge is -2.32. The van der Waals surface area contributed by atoms with Gasteiger partial charge in [0.2, 0.25) is 0 Å². The predicted octanol–water partition coefficient (Wildman–Crippen LogP) is 2.51. The average Bonchev–Trinajstić information content (AvgIpc) is 2.51. The van der Waals surface area contributed by atoms with E-state index in [2.05, 4.69) is 10.3 Å². The average molecular weight is 346 g/mol. The zero-order valence-corrected chi connectivity index (χ0v) is 13.0. The van der Waals surface area contributed by atoms with Crippen LogP contribution in [0.15, 0.2) is 12.3 Å². The van der Waals surface area contributed by atoms with Crippen molar-refractivity contribution >= 4 is 17.4 Å². The number of likely N-dealkylation sites (tertiary alicyclic amines) is 1. The second-order valence-corrected chi connectivity index (χ2v) is 5.73. The van der Waals surface area contributed by atoms with Crippen molar-refractivity contribution in [3.05, 3.63) is 27.9 Å². The minimum Gasteiger partial charge on any atom is -0.370 e. The first-order chi connectivity index (χ1) is 11.2. The van der Waals surface area contributed by atoms with Crippen LogP contribution in [0.25, 0.3) is 0 Å². The van der Waals surface area contributed by atoms with E-state index in [4.69, 9.17) is 0 Å². The van der Waals surface area contributed by atoms with Gasteiger partial charge in [-0.05, 0) is 31.7 Å². The topological polar surface area (TPSA) is 88.4 Å². The highest BCUT2D eigenvalue weighted by atomic mass is 19.4. The van der Waals surface area contributed by atoms with Crippen LogP contribution < -0.4 is 5.32 Å². The van der Waals surface area contributed by atoms with Crippen LogP contribution in [0.2, 0.25) is 0 Å². The summed E-state index contributed by atoms with van der Waals surface area (Å²) < 4.78 is 37.1. The SMILES string of the molecule is Cc1cc(NCC2CCN(C(=O)C(F)(F)F)CC2)ncc1[N+](=O)[O-]. The number of alkyl halides is 3.